The Kier molecular flexibility index (Phi) is 2.70. The van der Waals surface area contributed by atoms with Crippen LogP contribution in [0, 0.1) is 6.92 Å². The highest BCUT2D eigenvalue weighted by molar-refractivity contribution is 6.04. The van der Waals surface area contributed by atoms with Crippen LogP contribution in [0.4, 0.5) is 11.4 Å². The summed E-state index contributed by atoms with van der Waals surface area (Å²) in [4.78, 5) is 11.7. The molecule has 0 radical (unpaired) electrons. The molecule has 0 unspecified atom stereocenters. The lowest BCUT2D eigenvalue weighted by Crippen LogP contribution is -2.13. The van der Waals surface area contributed by atoms with Gasteiger partial charge in [-0.3, -0.25) is 4.79 Å². The molecule has 2 rings (SSSR count). The zero-order chi connectivity index (χ0) is 12.4. The molecule has 88 valence electrons. The van der Waals surface area contributed by atoms with E-state index >= 15 is 0 Å². The molecular weight excluding hydrogens is 222 g/mol. The molecule has 4 N–H and O–H groups in total. The van der Waals surface area contributed by atoms with Crippen molar-refractivity contribution in [2.75, 3.05) is 11.1 Å². The Labute approximate surface area is 97.0 Å². The van der Waals surface area contributed by atoms with E-state index in [0.717, 1.165) is 0 Å². The molecule has 17 heavy (non-hydrogen) atoms. The average molecular weight is 233 g/mol. The van der Waals surface area contributed by atoms with Gasteiger partial charge >= 0.3 is 0 Å². The van der Waals surface area contributed by atoms with Crippen molar-refractivity contribution in [3.8, 4) is 5.75 Å². The summed E-state index contributed by atoms with van der Waals surface area (Å²) in [5.41, 5.74) is 6.50. The number of nitrogens with zero attached hydrogens (tertiary/aromatic N) is 1. The Bertz CT molecular complexity index is 563. The van der Waals surface area contributed by atoms with Crippen LogP contribution in [0.2, 0.25) is 0 Å². The molecule has 1 heterocycles. The molecule has 0 spiro atoms. The highest BCUT2D eigenvalue weighted by Crippen LogP contribution is 2.23. The van der Waals surface area contributed by atoms with Gasteiger partial charge in [-0.05, 0) is 19.1 Å². The van der Waals surface area contributed by atoms with Gasteiger partial charge in [0.2, 0.25) is 0 Å². The predicted octanol–water partition coefficient (Wildman–Crippen LogP) is 1.52. The first-order valence-corrected chi connectivity index (χ1v) is 4.89. The molecule has 0 saturated heterocycles. The highest BCUT2D eigenvalue weighted by atomic mass is 16.5. The smallest absolute Gasteiger partial charge is 0.277 e. The minimum atomic E-state index is -0.417. The molecule has 0 atom stereocenters. The van der Waals surface area contributed by atoms with E-state index in [1.54, 1.807) is 6.92 Å². The van der Waals surface area contributed by atoms with Gasteiger partial charge < -0.3 is 20.7 Å². The minimum absolute atomic E-state index is 0.0396. The molecule has 0 bridgehead atoms. The standard InChI is InChI=1S/C11H11N3O3/c1-6-4-10(14-17-6)11(16)13-9-3-2-7(15)5-8(9)12/h2-5,15H,12H2,1H3,(H,13,16). The molecule has 0 aliphatic rings. The minimum Gasteiger partial charge on any atom is -0.508 e. The van der Waals surface area contributed by atoms with Crippen molar-refractivity contribution < 1.29 is 14.4 Å². The highest BCUT2D eigenvalue weighted by Gasteiger charge is 2.12. The number of aromatic hydroxyl groups is 1. The van der Waals surface area contributed by atoms with E-state index in [-0.39, 0.29) is 17.1 Å². The van der Waals surface area contributed by atoms with Crippen molar-refractivity contribution >= 4 is 17.3 Å². The van der Waals surface area contributed by atoms with Gasteiger partial charge in [-0.15, -0.1) is 0 Å². The van der Waals surface area contributed by atoms with Crippen LogP contribution in [0.25, 0.3) is 0 Å². The van der Waals surface area contributed by atoms with Crippen molar-refractivity contribution in [2.45, 2.75) is 6.92 Å². The molecule has 0 aliphatic carbocycles. The van der Waals surface area contributed by atoms with Gasteiger partial charge in [0.25, 0.3) is 5.91 Å². The Hall–Kier alpha value is -2.50. The number of phenolic OH excluding ortho intramolecular Hbond substituents is 1. The third-order valence-electron chi connectivity index (χ3n) is 2.14. The van der Waals surface area contributed by atoms with Crippen LogP contribution in [0.3, 0.4) is 0 Å². The van der Waals surface area contributed by atoms with E-state index in [0.29, 0.717) is 11.4 Å². The van der Waals surface area contributed by atoms with E-state index in [4.69, 9.17) is 10.3 Å². The van der Waals surface area contributed by atoms with Gasteiger partial charge in [0.1, 0.15) is 11.5 Å². The maximum atomic E-state index is 11.7. The third kappa shape index (κ3) is 2.36. The first-order chi connectivity index (χ1) is 8.06. The summed E-state index contributed by atoms with van der Waals surface area (Å²) in [6.45, 7) is 1.69. The number of aromatic nitrogens is 1. The Morgan fingerprint density at radius 1 is 1.47 bits per heavy atom. The van der Waals surface area contributed by atoms with Crippen molar-refractivity contribution in [1.82, 2.24) is 5.16 Å². The van der Waals surface area contributed by atoms with Crippen LogP contribution in [0.5, 0.6) is 5.75 Å². The van der Waals surface area contributed by atoms with Crippen LogP contribution in [-0.2, 0) is 0 Å². The quantitative estimate of drug-likeness (QED) is 0.539. The maximum Gasteiger partial charge on any atom is 0.277 e. The van der Waals surface area contributed by atoms with E-state index < -0.39 is 5.91 Å². The number of anilines is 2. The summed E-state index contributed by atoms with van der Waals surface area (Å²) in [5.74, 6) is 0.172. The average Bonchev–Trinajstić information content (AvgIpc) is 2.69. The number of amides is 1. The number of carbonyl (C=O) groups excluding carboxylic acids is 1. The summed E-state index contributed by atoms with van der Waals surface area (Å²) in [6, 6.07) is 5.81. The molecule has 1 aromatic carbocycles. The number of phenols is 1. The molecule has 6 nitrogen and oxygen atoms in total. The second-order valence-corrected chi connectivity index (χ2v) is 3.55. The number of hydrogen-bond donors (Lipinski definition) is 3. The fraction of sp³-hybridized carbons (Fsp3) is 0.0909. The van der Waals surface area contributed by atoms with Crippen LogP contribution in [0.1, 0.15) is 16.2 Å². The van der Waals surface area contributed by atoms with Crippen molar-refractivity contribution in [1.29, 1.82) is 0 Å². The fourth-order valence-electron chi connectivity index (χ4n) is 1.32. The molecule has 0 fully saturated rings. The Balaban J connectivity index is 2.18. The third-order valence-corrected chi connectivity index (χ3v) is 2.14. The van der Waals surface area contributed by atoms with E-state index in [1.807, 2.05) is 0 Å². The molecule has 6 heteroatoms. The van der Waals surface area contributed by atoms with Crippen LogP contribution in [0.15, 0.2) is 28.8 Å². The van der Waals surface area contributed by atoms with Gasteiger partial charge in [0.15, 0.2) is 5.69 Å². The number of nitrogens with two attached hydrogens (primary N) is 1. The number of nitrogen functional groups attached to an aromatic ring is 1. The topological polar surface area (TPSA) is 101 Å². The fourth-order valence-corrected chi connectivity index (χ4v) is 1.32. The summed E-state index contributed by atoms with van der Waals surface area (Å²) in [7, 11) is 0. The first kappa shape index (κ1) is 11.0. The lowest BCUT2D eigenvalue weighted by atomic mass is 10.2. The summed E-state index contributed by atoms with van der Waals surface area (Å²) < 4.78 is 4.79. The van der Waals surface area contributed by atoms with E-state index in [2.05, 4.69) is 10.5 Å². The number of carbonyl (C=O) groups is 1. The first-order valence-electron chi connectivity index (χ1n) is 4.89. The van der Waals surface area contributed by atoms with Gasteiger partial charge in [-0.1, -0.05) is 5.16 Å². The van der Waals surface area contributed by atoms with Crippen molar-refractivity contribution in [2.24, 2.45) is 0 Å². The maximum absolute atomic E-state index is 11.7. The Morgan fingerprint density at radius 3 is 2.82 bits per heavy atom. The van der Waals surface area contributed by atoms with Gasteiger partial charge in [0.05, 0.1) is 11.4 Å². The van der Waals surface area contributed by atoms with E-state index in [9.17, 15) is 9.90 Å². The Morgan fingerprint density at radius 2 is 2.24 bits per heavy atom. The number of hydrogen-bond acceptors (Lipinski definition) is 5. The summed E-state index contributed by atoms with van der Waals surface area (Å²) >= 11 is 0. The van der Waals surface area contributed by atoms with Crippen LogP contribution < -0.4 is 11.1 Å². The van der Waals surface area contributed by atoms with Crippen LogP contribution in [-0.4, -0.2) is 16.2 Å². The van der Waals surface area contributed by atoms with Gasteiger partial charge in [-0.25, -0.2) is 0 Å². The van der Waals surface area contributed by atoms with Gasteiger partial charge in [0, 0.05) is 12.1 Å². The van der Waals surface area contributed by atoms with Gasteiger partial charge in [-0.2, -0.15) is 0 Å². The van der Waals surface area contributed by atoms with Crippen LogP contribution >= 0.6 is 0 Å². The number of rotatable bonds is 2. The van der Waals surface area contributed by atoms with Crippen molar-refractivity contribution in [3.63, 3.8) is 0 Å². The second kappa shape index (κ2) is 4.17. The molecular formula is C11H11N3O3. The lowest BCUT2D eigenvalue weighted by Gasteiger charge is -2.06. The molecule has 2 aromatic rings. The van der Waals surface area contributed by atoms with Crippen molar-refractivity contribution in [3.05, 3.63) is 35.7 Å². The predicted molar refractivity (Wildman–Crippen MR) is 61.7 cm³/mol. The number of aryl methyl sites for hydroxylation is 1. The monoisotopic (exact) mass is 233 g/mol. The SMILES string of the molecule is Cc1cc(C(=O)Nc2ccc(O)cc2N)no1. The number of nitrogens with one attached hydrogen (secondary N) is 1. The summed E-state index contributed by atoms with van der Waals surface area (Å²) in [6.07, 6.45) is 0. The zero-order valence-corrected chi connectivity index (χ0v) is 9.10. The largest absolute Gasteiger partial charge is 0.508 e. The summed E-state index contributed by atoms with van der Waals surface area (Å²) in [5, 5.41) is 15.3. The molecule has 1 aromatic heterocycles. The molecule has 1 amide bonds. The lowest BCUT2D eigenvalue weighted by molar-refractivity contribution is 0.101. The zero-order valence-electron chi connectivity index (χ0n) is 9.10. The number of benzene rings is 1. The van der Waals surface area contributed by atoms with E-state index in [1.165, 1.54) is 24.3 Å². The molecule has 0 aliphatic heterocycles. The normalized spacial score (nSPS) is 10.2. The molecule has 0 saturated carbocycles. The second-order valence-electron chi connectivity index (χ2n) is 3.55.